The lowest BCUT2D eigenvalue weighted by molar-refractivity contribution is 0.554. The minimum Gasteiger partial charge on any atom is -0.389 e. The van der Waals surface area contributed by atoms with Gasteiger partial charge in [-0.2, -0.15) is 0 Å². The zero-order valence-corrected chi connectivity index (χ0v) is 12.9. The Hall–Kier alpha value is -0.980. The second-order valence-electron chi connectivity index (χ2n) is 5.71. The fourth-order valence-corrected chi connectivity index (χ4v) is 3.78. The Labute approximate surface area is 119 Å². The molecule has 0 aromatic heterocycles. The van der Waals surface area contributed by atoms with Crippen molar-refractivity contribution in [2.45, 2.75) is 38.1 Å². The molecule has 1 aliphatic rings. The van der Waals surface area contributed by atoms with Crippen LogP contribution in [-0.4, -0.2) is 19.4 Å². The number of nitrogens with two attached hydrogens (primary N) is 1. The zero-order chi connectivity index (χ0) is 14.4. The van der Waals surface area contributed by atoms with E-state index in [1.807, 2.05) is 13.8 Å². The fraction of sp³-hybridized carbons (Fsp3) is 0.462. The second kappa shape index (κ2) is 4.54. The molecule has 1 saturated carbocycles. The van der Waals surface area contributed by atoms with Gasteiger partial charge in [0.2, 0.25) is 10.0 Å². The van der Waals surface area contributed by atoms with Gasteiger partial charge in [-0.15, -0.1) is 0 Å². The van der Waals surface area contributed by atoms with Crippen LogP contribution in [-0.2, 0) is 10.0 Å². The fourth-order valence-electron chi connectivity index (χ4n) is 2.02. The monoisotopic (exact) mass is 298 g/mol. The molecular formula is C13H18N2O2S2. The normalized spacial score (nSPS) is 21.1. The molecule has 0 spiro atoms. The van der Waals surface area contributed by atoms with E-state index in [0.717, 1.165) is 6.42 Å². The van der Waals surface area contributed by atoms with E-state index in [4.69, 9.17) is 18.0 Å². The summed E-state index contributed by atoms with van der Waals surface area (Å²) >= 11 is 4.88. The van der Waals surface area contributed by atoms with Gasteiger partial charge in [0.25, 0.3) is 0 Å². The van der Waals surface area contributed by atoms with E-state index in [2.05, 4.69) is 4.72 Å². The van der Waals surface area contributed by atoms with Crippen LogP contribution in [0.5, 0.6) is 0 Å². The molecule has 1 aromatic carbocycles. The Bertz CT molecular complexity index is 636. The van der Waals surface area contributed by atoms with Crippen LogP contribution in [0.1, 0.15) is 31.4 Å². The van der Waals surface area contributed by atoms with Gasteiger partial charge in [0, 0.05) is 11.6 Å². The van der Waals surface area contributed by atoms with E-state index in [0.29, 0.717) is 11.1 Å². The average Bonchev–Trinajstić information content (AvgIpc) is 2.83. The first-order valence-electron chi connectivity index (χ1n) is 6.06. The minimum atomic E-state index is -3.48. The van der Waals surface area contributed by atoms with Gasteiger partial charge in [-0.1, -0.05) is 32.1 Å². The lowest BCUT2D eigenvalue weighted by Crippen LogP contribution is -2.29. The molecular weight excluding hydrogens is 280 g/mol. The van der Waals surface area contributed by atoms with Crippen LogP contribution < -0.4 is 10.5 Å². The Morgan fingerprint density at radius 1 is 1.47 bits per heavy atom. The summed E-state index contributed by atoms with van der Waals surface area (Å²) in [6, 6.07) is 4.92. The summed E-state index contributed by atoms with van der Waals surface area (Å²) in [5, 5.41) is 0. The van der Waals surface area contributed by atoms with Crippen molar-refractivity contribution in [2.24, 2.45) is 11.1 Å². The van der Waals surface area contributed by atoms with Crippen LogP contribution in [0.2, 0.25) is 0 Å². The van der Waals surface area contributed by atoms with Gasteiger partial charge in [-0.25, -0.2) is 13.1 Å². The Morgan fingerprint density at radius 2 is 2.05 bits per heavy atom. The topological polar surface area (TPSA) is 72.2 Å². The van der Waals surface area contributed by atoms with E-state index in [9.17, 15) is 8.42 Å². The van der Waals surface area contributed by atoms with Crippen LogP contribution in [0.25, 0.3) is 0 Å². The van der Waals surface area contributed by atoms with E-state index in [1.54, 1.807) is 25.1 Å². The molecule has 0 saturated heterocycles. The predicted octanol–water partition coefficient (Wildman–Crippen LogP) is 1.71. The van der Waals surface area contributed by atoms with Gasteiger partial charge in [-0.3, -0.25) is 0 Å². The van der Waals surface area contributed by atoms with Gasteiger partial charge in [0.05, 0.1) is 4.90 Å². The quantitative estimate of drug-likeness (QED) is 0.830. The van der Waals surface area contributed by atoms with Crippen molar-refractivity contribution < 1.29 is 8.42 Å². The minimum absolute atomic E-state index is 0.0205. The summed E-state index contributed by atoms with van der Waals surface area (Å²) in [4.78, 5) is 0.554. The molecule has 1 unspecified atom stereocenters. The molecule has 0 radical (unpaired) electrons. The summed E-state index contributed by atoms with van der Waals surface area (Å²) in [6.45, 7) is 5.83. The maximum absolute atomic E-state index is 12.3. The molecule has 1 aliphatic carbocycles. The third-order valence-corrected chi connectivity index (χ3v) is 5.43. The average molecular weight is 298 g/mol. The lowest BCUT2D eigenvalue weighted by atomic mass is 10.1. The van der Waals surface area contributed by atoms with Crippen LogP contribution >= 0.6 is 12.2 Å². The molecule has 3 N–H and O–H groups in total. The number of hydrogen-bond donors (Lipinski definition) is 2. The lowest BCUT2D eigenvalue weighted by Gasteiger charge is -2.11. The Morgan fingerprint density at radius 3 is 2.47 bits per heavy atom. The van der Waals surface area contributed by atoms with Gasteiger partial charge < -0.3 is 5.73 Å². The van der Waals surface area contributed by atoms with Crippen LogP contribution in [0.3, 0.4) is 0 Å². The molecule has 1 aromatic rings. The maximum atomic E-state index is 12.3. The van der Waals surface area contributed by atoms with Crippen molar-refractivity contribution in [3.63, 3.8) is 0 Å². The SMILES string of the molecule is Cc1cc(C(N)=S)ccc1S(=O)(=O)NC1CC1(C)C. The molecule has 6 heteroatoms. The number of rotatable bonds is 4. The molecule has 19 heavy (non-hydrogen) atoms. The number of thiocarbonyl (C=S) groups is 1. The molecule has 1 fully saturated rings. The number of benzene rings is 1. The van der Waals surface area contributed by atoms with Crippen molar-refractivity contribution in [3.05, 3.63) is 29.3 Å². The summed E-state index contributed by atoms with van der Waals surface area (Å²) in [5.74, 6) is 0. The smallest absolute Gasteiger partial charge is 0.241 e. The third-order valence-electron chi connectivity index (χ3n) is 3.56. The van der Waals surface area contributed by atoms with Crippen molar-refractivity contribution in [1.82, 2.24) is 4.72 Å². The summed E-state index contributed by atoms with van der Waals surface area (Å²) in [6.07, 6.45) is 0.871. The summed E-state index contributed by atoms with van der Waals surface area (Å²) in [5.41, 5.74) is 6.92. The Balaban J connectivity index is 2.28. The first kappa shape index (κ1) is 14.4. The number of sulfonamides is 1. The Kier molecular flexibility index (Phi) is 3.45. The van der Waals surface area contributed by atoms with E-state index < -0.39 is 10.0 Å². The van der Waals surface area contributed by atoms with E-state index in [-0.39, 0.29) is 21.3 Å². The first-order chi connectivity index (χ1) is 8.63. The highest BCUT2D eigenvalue weighted by atomic mass is 32.2. The van der Waals surface area contributed by atoms with Gasteiger partial charge in [0.15, 0.2) is 0 Å². The zero-order valence-electron chi connectivity index (χ0n) is 11.2. The number of aryl methyl sites for hydroxylation is 1. The molecule has 1 atom stereocenters. The van der Waals surface area contributed by atoms with Crippen LogP contribution in [0.15, 0.2) is 23.1 Å². The molecule has 104 valence electrons. The van der Waals surface area contributed by atoms with Crippen molar-refractivity contribution in [2.75, 3.05) is 0 Å². The van der Waals surface area contributed by atoms with Gasteiger partial charge >= 0.3 is 0 Å². The standard InChI is InChI=1S/C13H18N2O2S2/c1-8-6-9(12(14)18)4-5-10(8)19(16,17)15-11-7-13(11,2)3/h4-6,11,15H,7H2,1-3H3,(H2,14,18). The number of hydrogen-bond acceptors (Lipinski definition) is 3. The van der Waals surface area contributed by atoms with Gasteiger partial charge in [-0.05, 0) is 36.5 Å². The van der Waals surface area contributed by atoms with Crippen LogP contribution in [0, 0.1) is 12.3 Å². The largest absolute Gasteiger partial charge is 0.389 e. The highest BCUT2D eigenvalue weighted by molar-refractivity contribution is 7.89. The molecule has 2 rings (SSSR count). The predicted molar refractivity (Wildman–Crippen MR) is 79.6 cm³/mol. The molecule has 4 nitrogen and oxygen atoms in total. The van der Waals surface area contributed by atoms with Crippen molar-refractivity contribution in [1.29, 1.82) is 0 Å². The van der Waals surface area contributed by atoms with Crippen LogP contribution in [0.4, 0.5) is 0 Å². The highest BCUT2D eigenvalue weighted by Gasteiger charge is 2.47. The molecule has 0 heterocycles. The molecule has 0 aliphatic heterocycles. The first-order valence-corrected chi connectivity index (χ1v) is 7.95. The molecule has 0 amide bonds. The van der Waals surface area contributed by atoms with E-state index >= 15 is 0 Å². The summed E-state index contributed by atoms with van der Waals surface area (Å²) in [7, 11) is -3.48. The van der Waals surface area contributed by atoms with Crippen molar-refractivity contribution >= 4 is 27.2 Å². The van der Waals surface area contributed by atoms with Crippen molar-refractivity contribution in [3.8, 4) is 0 Å². The highest BCUT2D eigenvalue weighted by Crippen LogP contribution is 2.45. The third kappa shape index (κ3) is 2.96. The maximum Gasteiger partial charge on any atom is 0.241 e. The second-order valence-corrected chi connectivity index (χ2v) is 7.83. The number of nitrogens with one attached hydrogen (secondary N) is 1. The van der Waals surface area contributed by atoms with Gasteiger partial charge in [0.1, 0.15) is 4.99 Å². The van der Waals surface area contributed by atoms with E-state index in [1.165, 1.54) is 0 Å². The molecule has 0 bridgehead atoms. The summed E-state index contributed by atoms with van der Waals surface area (Å²) < 4.78 is 27.3.